The van der Waals surface area contributed by atoms with Crippen LogP contribution in [-0.4, -0.2) is 21.2 Å². The van der Waals surface area contributed by atoms with Crippen molar-refractivity contribution in [2.45, 2.75) is 0 Å². The Kier molecular flexibility index (Phi) is 3.51. The molecule has 0 saturated carbocycles. The van der Waals surface area contributed by atoms with Crippen molar-refractivity contribution >= 4 is 11.9 Å². The predicted molar refractivity (Wildman–Crippen MR) is 79.0 cm³/mol. The number of anilines is 1. The molecule has 0 amide bonds. The molecule has 20 heavy (non-hydrogen) atoms. The van der Waals surface area contributed by atoms with Crippen LogP contribution in [0.5, 0.6) is 0 Å². The van der Waals surface area contributed by atoms with Crippen LogP contribution in [0.15, 0.2) is 72.0 Å². The summed E-state index contributed by atoms with van der Waals surface area (Å²) in [5.74, 6) is 0. The maximum atomic E-state index is 4.13. The van der Waals surface area contributed by atoms with Gasteiger partial charge in [-0.25, -0.2) is 4.68 Å². The average molecular weight is 263 g/mol. The molecule has 0 saturated heterocycles. The maximum absolute atomic E-state index is 4.13. The summed E-state index contributed by atoms with van der Waals surface area (Å²) in [6.45, 7) is 0. The Morgan fingerprint density at radius 2 is 1.65 bits per heavy atom. The lowest BCUT2D eigenvalue weighted by molar-refractivity contribution is 0.803. The summed E-state index contributed by atoms with van der Waals surface area (Å²) in [5.41, 5.74) is 5.52. The fraction of sp³-hybridized carbons (Fsp3) is 0. The van der Waals surface area contributed by atoms with Gasteiger partial charge in [-0.05, 0) is 24.3 Å². The highest BCUT2D eigenvalue weighted by atomic mass is 15.4. The Morgan fingerprint density at radius 3 is 2.40 bits per heavy atom. The molecule has 1 aromatic heterocycles. The zero-order valence-electron chi connectivity index (χ0n) is 10.7. The van der Waals surface area contributed by atoms with Crippen LogP contribution < -0.4 is 5.43 Å². The van der Waals surface area contributed by atoms with E-state index in [4.69, 9.17) is 0 Å². The summed E-state index contributed by atoms with van der Waals surface area (Å²) in [6.07, 6.45) is 3.46. The van der Waals surface area contributed by atoms with E-state index in [0.717, 1.165) is 11.4 Å². The molecule has 3 rings (SSSR count). The molecule has 5 nitrogen and oxygen atoms in total. The zero-order valence-corrected chi connectivity index (χ0v) is 10.7. The Balaban J connectivity index is 1.69. The quantitative estimate of drug-likeness (QED) is 0.581. The summed E-state index contributed by atoms with van der Waals surface area (Å²) >= 11 is 0. The molecule has 0 aliphatic heterocycles. The second kappa shape index (κ2) is 5.79. The van der Waals surface area contributed by atoms with Gasteiger partial charge in [-0.15, -0.1) is 5.10 Å². The van der Waals surface area contributed by atoms with Crippen LogP contribution in [0.3, 0.4) is 0 Å². The molecule has 3 aromatic rings. The van der Waals surface area contributed by atoms with Crippen molar-refractivity contribution in [2.75, 3.05) is 5.43 Å². The van der Waals surface area contributed by atoms with E-state index in [1.807, 2.05) is 66.9 Å². The van der Waals surface area contributed by atoms with E-state index in [2.05, 4.69) is 20.8 Å². The maximum Gasteiger partial charge on any atom is 0.126 e. The molecule has 0 aliphatic rings. The van der Waals surface area contributed by atoms with Crippen molar-refractivity contribution < 1.29 is 0 Å². The fourth-order valence-corrected chi connectivity index (χ4v) is 1.73. The van der Waals surface area contributed by atoms with Crippen LogP contribution in [0.1, 0.15) is 5.69 Å². The molecule has 0 bridgehead atoms. The van der Waals surface area contributed by atoms with Gasteiger partial charge in [0.2, 0.25) is 0 Å². The SMILES string of the molecule is C(=N\Nc1ccccc1)/c1cn(-c2ccccc2)nn1. The molecule has 0 unspecified atom stereocenters. The highest BCUT2D eigenvalue weighted by Gasteiger charge is 1.99. The lowest BCUT2D eigenvalue weighted by Crippen LogP contribution is -1.93. The summed E-state index contributed by atoms with van der Waals surface area (Å²) in [5, 5.41) is 12.2. The molecule has 0 fully saturated rings. The Hall–Kier alpha value is -2.95. The molecular formula is C15H13N5. The normalized spacial score (nSPS) is 10.8. The Bertz CT molecular complexity index is 689. The predicted octanol–water partition coefficient (Wildman–Crippen LogP) is 2.71. The minimum Gasteiger partial charge on any atom is -0.278 e. The molecular weight excluding hydrogens is 250 g/mol. The van der Waals surface area contributed by atoms with Gasteiger partial charge in [0.15, 0.2) is 0 Å². The van der Waals surface area contributed by atoms with Gasteiger partial charge < -0.3 is 0 Å². The lowest BCUT2D eigenvalue weighted by atomic mass is 10.3. The van der Waals surface area contributed by atoms with E-state index < -0.39 is 0 Å². The van der Waals surface area contributed by atoms with E-state index in [9.17, 15) is 0 Å². The minimum absolute atomic E-state index is 0.692. The molecule has 0 spiro atoms. The van der Waals surface area contributed by atoms with Crippen LogP contribution in [0.4, 0.5) is 5.69 Å². The van der Waals surface area contributed by atoms with E-state index >= 15 is 0 Å². The van der Waals surface area contributed by atoms with Gasteiger partial charge in [0.05, 0.1) is 23.8 Å². The van der Waals surface area contributed by atoms with E-state index in [-0.39, 0.29) is 0 Å². The average Bonchev–Trinajstić information content (AvgIpc) is 2.98. The van der Waals surface area contributed by atoms with Crippen molar-refractivity contribution in [3.8, 4) is 5.69 Å². The molecule has 2 aromatic carbocycles. The number of nitrogens with one attached hydrogen (secondary N) is 1. The van der Waals surface area contributed by atoms with Crippen molar-refractivity contribution in [3.05, 3.63) is 72.6 Å². The van der Waals surface area contributed by atoms with Crippen molar-refractivity contribution in [3.63, 3.8) is 0 Å². The minimum atomic E-state index is 0.692. The standard InChI is InChI=1S/C15H13N5/c1-3-7-13(8-4-1)17-16-11-14-12-20(19-18-14)15-9-5-2-6-10-15/h1-12,17H/b16-11+. The van der Waals surface area contributed by atoms with E-state index in [0.29, 0.717) is 5.69 Å². The Labute approximate surface area is 116 Å². The van der Waals surface area contributed by atoms with Gasteiger partial charge in [-0.3, -0.25) is 5.43 Å². The van der Waals surface area contributed by atoms with Gasteiger partial charge in [0.25, 0.3) is 0 Å². The van der Waals surface area contributed by atoms with Gasteiger partial charge in [0, 0.05) is 0 Å². The lowest BCUT2D eigenvalue weighted by Gasteiger charge is -1.97. The van der Waals surface area contributed by atoms with Gasteiger partial charge in [0.1, 0.15) is 5.69 Å². The summed E-state index contributed by atoms with van der Waals surface area (Å²) in [4.78, 5) is 0. The summed E-state index contributed by atoms with van der Waals surface area (Å²) in [7, 11) is 0. The van der Waals surface area contributed by atoms with Gasteiger partial charge >= 0.3 is 0 Å². The van der Waals surface area contributed by atoms with Crippen LogP contribution in [-0.2, 0) is 0 Å². The number of hydrogen-bond acceptors (Lipinski definition) is 4. The van der Waals surface area contributed by atoms with Gasteiger partial charge in [-0.1, -0.05) is 41.6 Å². The number of aromatic nitrogens is 3. The molecule has 5 heteroatoms. The van der Waals surface area contributed by atoms with E-state index in [1.54, 1.807) is 10.9 Å². The number of nitrogens with zero attached hydrogens (tertiary/aromatic N) is 4. The highest BCUT2D eigenvalue weighted by molar-refractivity contribution is 5.77. The third kappa shape index (κ3) is 2.89. The Morgan fingerprint density at radius 1 is 0.950 bits per heavy atom. The monoisotopic (exact) mass is 263 g/mol. The third-order valence-corrected chi connectivity index (χ3v) is 2.70. The van der Waals surface area contributed by atoms with Crippen molar-refractivity contribution in [1.82, 2.24) is 15.0 Å². The van der Waals surface area contributed by atoms with Crippen LogP contribution in [0.25, 0.3) is 5.69 Å². The molecule has 0 radical (unpaired) electrons. The molecule has 0 atom stereocenters. The zero-order chi connectivity index (χ0) is 13.6. The molecule has 0 aliphatic carbocycles. The molecule has 1 heterocycles. The van der Waals surface area contributed by atoms with Crippen LogP contribution >= 0.6 is 0 Å². The molecule has 1 N–H and O–H groups in total. The third-order valence-electron chi connectivity index (χ3n) is 2.70. The van der Waals surface area contributed by atoms with Gasteiger partial charge in [-0.2, -0.15) is 5.10 Å². The first-order chi connectivity index (χ1) is 9.92. The number of rotatable bonds is 4. The number of hydrogen-bond donors (Lipinski definition) is 1. The number of benzene rings is 2. The summed E-state index contributed by atoms with van der Waals surface area (Å²) in [6, 6.07) is 19.6. The highest BCUT2D eigenvalue weighted by Crippen LogP contribution is 2.06. The first-order valence-corrected chi connectivity index (χ1v) is 6.24. The number of para-hydroxylation sites is 2. The van der Waals surface area contributed by atoms with Crippen molar-refractivity contribution in [1.29, 1.82) is 0 Å². The topological polar surface area (TPSA) is 55.1 Å². The first kappa shape index (κ1) is 12.1. The van der Waals surface area contributed by atoms with E-state index in [1.165, 1.54) is 0 Å². The second-order valence-corrected chi connectivity index (χ2v) is 4.16. The first-order valence-electron chi connectivity index (χ1n) is 6.24. The fourth-order valence-electron chi connectivity index (χ4n) is 1.73. The largest absolute Gasteiger partial charge is 0.278 e. The van der Waals surface area contributed by atoms with Crippen LogP contribution in [0, 0.1) is 0 Å². The van der Waals surface area contributed by atoms with Crippen LogP contribution in [0.2, 0.25) is 0 Å². The molecule has 98 valence electrons. The smallest absolute Gasteiger partial charge is 0.126 e. The number of hydrazone groups is 1. The summed E-state index contributed by atoms with van der Waals surface area (Å²) < 4.78 is 1.71. The van der Waals surface area contributed by atoms with Crippen molar-refractivity contribution in [2.24, 2.45) is 5.10 Å². The second-order valence-electron chi connectivity index (χ2n) is 4.16.